The summed E-state index contributed by atoms with van der Waals surface area (Å²) in [5.74, 6) is 0.165. The van der Waals surface area contributed by atoms with Gasteiger partial charge in [0.05, 0.1) is 0 Å². The van der Waals surface area contributed by atoms with E-state index in [-0.39, 0.29) is 17.7 Å². The molecule has 0 radical (unpaired) electrons. The Balaban J connectivity index is 1.48. The van der Waals surface area contributed by atoms with Crippen LogP contribution in [0.1, 0.15) is 56.3 Å². The number of benzene rings is 1. The Morgan fingerprint density at radius 1 is 1.07 bits per heavy atom. The van der Waals surface area contributed by atoms with E-state index in [0.717, 1.165) is 63.8 Å². The predicted octanol–water partition coefficient (Wildman–Crippen LogP) is 2.62. The lowest BCUT2D eigenvalue weighted by atomic mass is 9.92. The smallest absolute Gasteiger partial charge is 0.224 e. The van der Waals surface area contributed by atoms with Crippen molar-refractivity contribution in [2.75, 3.05) is 31.1 Å². The number of aldehydes is 1. The van der Waals surface area contributed by atoms with Crippen LogP contribution in [0, 0.1) is 5.92 Å². The van der Waals surface area contributed by atoms with E-state index < -0.39 is 5.54 Å². The molecule has 3 rings (SSSR count). The number of amides is 2. The molecule has 6 nitrogen and oxygen atoms in total. The first kappa shape index (κ1) is 20.4. The second-order valence-electron chi connectivity index (χ2n) is 8.61. The van der Waals surface area contributed by atoms with Crippen molar-refractivity contribution < 1.29 is 14.4 Å². The molecule has 152 valence electrons. The number of likely N-dealkylation sites (tertiary alicyclic amines) is 1. The highest BCUT2D eigenvalue weighted by Gasteiger charge is 2.32. The lowest BCUT2D eigenvalue weighted by Gasteiger charge is -2.35. The van der Waals surface area contributed by atoms with Crippen LogP contribution < -0.4 is 10.2 Å². The number of piperidine rings is 1. The molecule has 2 saturated heterocycles. The molecule has 2 heterocycles. The number of nitrogens with zero attached hydrogens (tertiary/aromatic N) is 2. The van der Waals surface area contributed by atoms with Crippen molar-refractivity contribution in [2.45, 2.75) is 51.5 Å². The van der Waals surface area contributed by atoms with Gasteiger partial charge in [0.15, 0.2) is 0 Å². The minimum Gasteiger partial charge on any atom is -0.371 e. The van der Waals surface area contributed by atoms with E-state index in [4.69, 9.17) is 0 Å². The van der Waals surface area contributed by atoms with Crippen molar-refractivity contribution in [3.05, 3.63) is 29.8 Å². The molecule has 6 heteroatoms. The Labute approximate surface area is 167 Å². The van der Waals surface area contributed by atoms with E-state index in [0.29, 0.717) is 12.0 Å². The number of hydrogen-bond acceptors (Lipinski definition) is 4. The first-order chi connectivity index (χ1) is 13.4. The van der Waals surface area contributed by atoms with Crippen molar-refractivity contribution in [3.8, 4) is 0 Å². The highest BCUT2D eigenvalue weighted by atomic mass is 16.2. The van der Waals surface area contributed by atoms with Crippen molar-refractivity contribution in [2.24, 2.45) is 5.92 Å². The van der Waals surface area contributed by atoms with Gasteiger partial charge in [-0.15, -0.1) is 0 Å². The fourth-order valence-electron chi connectivity index (χ4n) is 4.10. The summed E-state index contributed by atoms with van der Waals surface area (Å²) in [4.78, 5) is 40.1. The third-order valence-corrected chi connectivity index (χ3v) is 5.77. The maximum atomic E-state index is 12.7. The molecular weight excluding hydrogens is 354 g/mol. The third kappa shape index (κ3) is 5.12. The highest BCUT2D eigenvalue weighted by Crippen LogP contribution is 2.25. The largest absolute Gasteiger partial charge is 0.371 e. The van der Waals surface area contributed by atoms with Crippen LogP contribution in [0.15, 0.2) is 24.3 Å². The predicted molar refractivity (Wildman–Crippen MR) is 109 cm³/mol. The molecule has 0 aliphatic carbocycles. The molecule has 0 saturated carbocycles. The Kier molecular flexibility index (Phi) is 6.37. The van der Waals surface area contributed by atoms with Gasteiger partial charge in [0.25, 0.3) is 0 Å². The van der Waals surface area contributed by atoms with Crippen LogP contribution in [0.2, 0.25) is 0 Å². The molecule has 2 amide bonds. The molecule has 0 unspecified atom stereocenters. The summed E-state index contributed by atoms with van der Waals surface area (Å²) in [7, 11) is 0. The van der Waals surface area contributed by atoms with Gasteiger partial charge in [-0.3, -0.25) is 14.4 Å². The van der Waals surface area contributed by atoms with E-state index in [1.165, 1.54) is 0 Å². The van der Waals surface area contributed by atoms with Gasteiger partial charge in [0.2, 0.25) is 11.8 Å². The molecule has 2 aliphatic rings. The summed E-state index contributed by atoms with van der Waals surface area (Å²) in [6.07, 6.45) is 4.93. The summed E-state index contributed by atoms with van der Waals surface area (Å²) in [6.45, 7) is 7.17. The van der Waals surface area contributed by atoms with Crippen molar-refractivity contribution in [1.82, 2.24) is 10.2 Å². The number of carbonyl (C=O) groups excluding carboxylic acids is 3. The number of anilines is 1. The van der Waals surface area contributed by atoms with Crippen LogP contribution in [0.5, 0.6) is 0 Å². The van der Waals surface area contributed by atoms with Crippen molar-refractivity contribution >= 4 is 23.8 Å². The van der Waals surface area contributed by atoms with Gasteiger partial charge in [0.1, 0.15) is 6.29 Å². The highest BCUT2D eigenvalue weighted by molar-refractivity contribution is 5.82. The standard InChI is InChI=1S/C22H31N3O3/c1-22(2,15-20(27)25-11-3-4-12-25)23-21(28)18-9-13-24(14-10-18)19-7-5-17(16-26)6-8-19/h5-8,16,18H,3-4,9-15H2,1-2H3,(H,23,28). The van der Waals surface area contributed by atoms with Gasteiger partial charge in [-0.1, -0.05) is 0 Å². The number of nitrogens with one attached hydrogen (secondary N) is 1. The number of carbonyl (C=O) groups is 3. The van der Waals surface area contributed by atoms with Gasteiger partial charge < -0.3 is 15.1 Å². The van der Waals surface area contributed by atoms with E-state index in [1.807, 2.05) is 43.0 Å². The van der Waals surface area contributed by atoms with Gasteiger partial charge in [-0.2, -0.15) is 0 Å². The monoisotopic (exact) mass is 385 g/mol. The van der Waals surface area contributed by atoms with Crippen LogP contribution in [0.25, 0.3) is 0 Å². The second kappa shape index (κ2) is 8.76. The molecule has 0 atom stereocenters. The average molecular weight is 386 g/mol. The lowest BCUT2D eigenvalue weighted by Crippen LogP contribution is -2.50. The van der Waals surface area contributed by atoms with Gasteiger partial charge >= 0.3 is 0 Å². The summed E-state index contributed by atoms with van der Waals surface area (Å²) < 4.78 is 0. The number of rotatable bonds is 6. The summed E-state index contributed by atoms with van der Waals surface area (Å²) in [6, 6.07) is 7.55. The van der Waals surface area contributed by atoms with E-state index in [2.05, 4.69) is 10.2 Å². The zero-order valence-corrected chi connectivity index (χ0v) is 16.9. The van der Waals surface area contributed by atoms with Crippen LogP contribution in [0.4, 0.5) is 5.69 Å². The fraction of sp³-hybridized carbons (Fsp3) is 0.591. The molecule has 2 aliphatic heterocycles. The molecular formula is C22H31N3O3. The lowest BCUT2D eigenvalue weighted by molar-refractivity contribution is -0.132. The summed E-state index contributed by atoms with van der Waals surface area (Å²) in [5.41, 5.74) is 1.23. The first-order valence-electron chi connectivity index (χ1n) is 10.3. The molecule has 1 aromatic rings. The van der Waals surface area contributed by atoms with Gasteiger partial charge in [-0.25, -0.2) is 0 Å². The van der Waals surface area contributed by atoms with Crippen LogP contribution in [-0.4, -0.2) is 54.7 Å². The quantitative estimate of drug-likeness (QED) is 0.765. The Bertz CT molecular complexity index is 700. The van der Waals surface area contributed by atoms with Gasteiger partial charge in [-0.05, 0) is 63.8 Å². The molecule has 0 spiro atoms. The van der Waals surface area contributed by atoms with Crippen LogP contribution in [-0.2, 0) is 9.59 Å². The summed E-state index contributed by atoms with van der Waals surface area (Å²) in [5, 5.41) is 3.11. The zero-order chi connectivity index (χ0) is 20.1. The van der Waals surface area contributed by atoms with Gasteiger partial charge in [0, 0.05) is 55.3 Å². The second-order valence-corrected chi connectivity index (χ2v) is 8.61. The van der Waals surface area contributed by atoms with Crippen LogP contribution >= 0.6 is 0 Å². The molecule has 1 N–H and O–H groups in total. The fourth-order valence-corrected chi connectivity index (χ4v) is 4.10. The zero-order valence-electron chi connectivity index (χ0n) is 16.9. The first-order valence-corrected chi connectivity index (χ1v) is 10.3. The maximum absolute atomic E-state index is 12.7. The maximum Gasteiger partial charge on any atom is 0.224 e. The molecule has 2 fully saturated rings. The third-order valence-electron chi connectivity index (χ3n) is 5.77. The van der Waals surface area contributed by atoms with E-state index >= 15 is 0 Å². The number of hydrogen-bond donors (Lipinski definition) is 1. The minimum absolute atomic E-state index is 0.0216. The molecule has 0 aromatic heterocycles. The van der Waals surface area contributed by atoms with Crippen LogP contribution in [0.3, 0.4) is 0 Å². The summed E-state index contributed by atoms with van der Waals surface area (Å²) >= 11 is 0. The topological polar surface area (TPSA) is 69.7 Å². The average Bonchev–Trinajstić information content (AvgIpc) is 3.22. The van der Waals surface area contributed by atoms with Crippen molar-refractivity contribution in [1.29, 1.82) is 0 Å². The Morgan fingerprint density at radius 3 is 2.25 bits per heavy atom. The molecule has 1 aromatic carbocycles. The SMILES string of the molecule is CC(C)(CC(=O)N1CCCC1)NC(=O)C1CCN(c2ccc(C=O)cc2)CC1. The Morgan fingerprint density at radius 2 is 1.68 bits per heavy atom. The molecule has 28 heavy (non-hydrogen) atoms. The minimum atomic E-state index is -0.529. The Hall–Kier alpha value is -2.37. The van der Waals surface area contributed by atoms with E-state index in [9.17, 15) is 14.4 Å². The normalized spacial score (nSPS) is 18.2. The molecule has 0 bridgehead atoms. The van der Waals surface area contributed by atoms with Crippen molar-refractivity contribution in [3.63, 3.8) is 0 Å². The van der Waals surface area contributed by atoms with E-state index in [1.54, 1.807) is 0 Å².